The summed E-state index contributed by atoms with van der Waals surface area (Å²) < 4.78 is 0. The van der Waals surface area contributed by atoms with Gasteiger partial charge in [0.15, 0.2) is 5.78 Å². The molecule has 0 spiro atoms. The number of carbonyl (C=O) groups is 1. The van der Waals surface area contributed by atoms with Crippen LogP contribution in [0.3, 0.4) is 0 Å². The van der Waals surface area contributed by atoms with E-state index in [2.05, 4.69) is 0 Å². The standard InChI is InChI=1S/C9H18O8/c10-2-4(12)1-5(13)7(15)9(17)8(16)6(14)3-11/h4,6-12,14-17H,1-3H2/t4?,6-,7-,8-,9-/m1/s1. The molecule has 0 radical (unpaired) electrons. The molecule has 0 aliphatic carbocycles. The zero-order chi connectivity index (χ0) is 13.6. The molecule has 0 aromatic rings. The quantitative estimate of drug-likeness (QED) is 0.229. The van der Waals surface area contributed by atoms with E-state index in [0.717, 1.165) is 0 Å². The van der Waals surface area contributed by atoms with Gasteiger partial charge in [0.1, 0.15) is 24.4 Å². The third-order valence-corrected chi connectivity index (χ3v) is 2.23. The Balaban J connectivity index is 4.38. The van der Waals surface area contributed by atoms with Gasteiger partial charge in [0.25, 0.3) is 0 Å². The van der Waals surface area contributed by atoms with E-state index in [0.29, 0.717) is 0 Å². The highest BCUT2D eigenvalue weighted by Gasteiger charge is 2.34. The van der Waals surface area contributed by atoms with E-state index in [4.69, 9.17) is 20.4 Å². The van der Waals surface area contributed by atoms with Gasteiger partial charge in [0.2, 0.25) is 0 Å². The predicted molar refractivity (Wildman–Crippen MR) is 53.8 cm³/mol. The van der Waals surface area contributed by atoms with Crippen LogP contribution in [0.2, 0.25) is 0 Å². The first-order valence-electron chi connectivity index (χ1n) is 4.99. The average molecular weight is 254 g/mol. The van der Waals surface area contributed by atoms with Crippen LogP contribution in [0, 0.1) is 0 Å². The molecule has 102 valence electrons. The summed E-state index contributed by atoms with van der Waals surface area (Å²) in [6.45, 7) is -1.53. The van der Waals surface area contributed by atoms with Gasteiger partial charge in [0, 0.05) is 6.42 Å². The molecule has 0 aromatic heterocycles. The summed E-state index contributed by atoms with van der Waals surface area (Å²) >= 11 is 0. The molecule has 7 N–H and O–H groups in total. The van der Waals surface area contributed by atoms with E-state index >= 15 is 0 Å². The van der Waals surface area contributed by atoms with Crippen LogP contribution >= 0.6 is 0 Å². The van der Waals surface area contributed by atoms with Gasteiger partial charge in [-0.05, 0) is 0 Å². The summed E-state index contributed by atoms with van der Waals surface area (Å²) in [5, 5.41) is 62.7. The Bertz CT molecular complexity index is 233. The van der Waals surface area contributed by atoms with Gasteiger partial charge >= 0.3 is 0 Å². The van der Waals surface area contributed by atoms with Gasteiger partial charge in [-0.3, -0.25) is 4.79 Å². The second-order valence-electron chi connectivity index (χ2n) is 3.68. The van der Waals surface area contributed by atoms with E-state index in [1.54, 1.807) is 0 Å². The number of aliphatic hydroxyl groups excluding tert-OH is 7. The molecule has 0 fully saturated rings. The first-order chi connectivity index (χ1) is 7.84. The number of aliphatic hydroxyl groups is 7. The van der Waals surface area contributed by atoms with Crippen LogP contribution in [-0.4, -0.2) is 85.3 Å². The Morgan fingerprint density at radius 3 is 1.82 bits per heavy atom. The number of Topliss-reactive ketones (excluding diaryl/α,β-unsaturated/α-hetero) is 1. The molecule has 0 heterocycles. The minimum Gasteiger partial charge on any atom is -0.394 e. The number of hydrogen-bond donors (Lipinski definition) is 7. The molecule has 1 unspecified atom stereocenters. The van der Waals surface area contributed by atoms with Crippen molar-refractivity contribution in [3.05, 3.63) is 0 Å². The molecule has 8 nitrogen and oxygen atoms in total. The van der Waals surface area contributed by atoms with Crippen molar-refractivity contribution in [2.45, 2.75) is 36.9 Å². The molecule has 0 saturated carbocycles. The number of ketones is 1. The summed E-state index contributed by atoms with van der Waals surface area (Å²) in [6.07, 6.45) is -9.58. The lowest BCUT2D eigenvalue weighted by molar-refractivity contribution is -0.149. The van der Waals surface area contributed by atoms with Crippen LogP contribution < -0.4 is 0 Å². The highest BCUT2D eigenvalue weighted by molar-refractivity contribution is 5.83. The van der Waals surface area contributed by atoms with Crippen molar-refractivity contribution in [2.75, 3.05) is 13.2 Å². The number of carbonyl (C=O) groups excluding carboxylic acids is 1. The lowest BCUT2D eigenvalue weighted by Crippen LogP contribution is -2.49. The lowest BCUT2D eigenvalue weighted by atomic mass is 9.98. The Hall–Kier alpha value is -0.610. The van der Waals surface area contributed by atoms with Crippen LogP contribution in [0.1, 0.15) is 6.42 Å². The molecule has 0 bridgehead atoms. The molecular formula is C9H18O8. The lowest BCUT2D eigenvalue weighted by Gasteiger charge is -2.25. The van der Waals surface area contributed by atoms with Crippen LogP contribution in [0.15, 0.2) is 0 Å². The van der Waals surface area contributed by atoms with Gasteiger partial charge in [-0.1, -0.05) is 0 Å². The van der Waals surface area contributed by atoms with Gasteiger partial charge in [-0.15, -0.1) is 0 Å². The summed E-state index contributed by atoms with van der Waals surface area (Å²) in [5.74, 6) is -0.997. The van der Waals surface area contributed by atoms with Gasteiger partial charge in [-0.2, -0.15) is 0 Å². The first kappa shape index (κ1) is 16.4. The van der Waals surface area contributed by atoms with Gasteiger partial charge in [-0.25, -0.2) is 0 Å². The Morgan fingerprint density at radius 1 is 0.882 bits per heavy atom. The number of rotatable bonds is 8. The zero-order valence-corrected chi connectivity index (χ0v) is 9.05. The first-order valence-corrected chi connectivity index (χ1v) is 4.99. The molecule has 0 saturated heterocycles. The van der Waals surface area contributed by atoms with Gasteiger partial charge < -0.3 is 35.7 Å². The number of hydrogen-bond acceptors (Lipinski definition) is 8. The van der Waals surface area contributed by atoms with E-state index in [1.807, 2.05) is 0 Å². The van der Waals surface area contributed by atoms with E-state index < -0.39 is 55.9 Å². The van der Waals surface area contributed by atoms with Gasteiger partial charge in [0.05, 0.1) is 19.3 Å². The molecule has 0 aromatic carbocycles. The summed E-state index contributed by atoms with van der Waals surface area (Å²) in [5.41, 5.74) is 0. The maximum Gasteiger partial charge on any atom is 0.166 e. The monoisotopic (exact) mass is 254 g/mol. The summed E-state index contributed by atoms with van der Waals surface area (Å²) in [7, 11) is 0. The van der Waals surface area contributed by atoms with E-state index in [1.165, 1.54) is 0 Å². The smallest absolute Gasteiger partial charge is 0.166 e. The zero-order valence-electron chi connectivity index (χ0n) is 9.05. The fourth-order valence-corrected chi connectivity index (χ4v) is 1.13. The normalized spacial score (nSPS) is 20.4. The largest absolute Gasteiger partial charge is 0.394 e. The van der Waals surface area contributed by atoms with Crippen LogP contribution in [0.5, 0.6) is 0 Å². The molecule has 0 aliphatic rings. The van der Waals surface area contributed by atoms with Crippen molar-refractivity contribution in [3.8, 4) is 0 Å². The Kier molecular flexibility index (Phi) is 7.39. The predicted octanol–water partition coefficient (Wildman–Crippen LogP) is -4.27. The Morgan fingerprint density at radius 2 is 1.41 bits per heavy atom. The fraction of sp³-hybridized carbons (Fsp3) is 0.889. The fourth-order valence-electron chi connectivity index (χ4n) is 1.13. The van der Waals surface area contributed by atoms with Crippen molar-refractivity contribution in [3.63, 3.8) is 0 Å². The van der Waals surface area contributed by atoms with Crippen molar-refractivity contribution in [1.82, 2.24) is 0 Å². The minimum atomic E-state index is -2.02. The average Bonchev–Trinajstić information content (AvgIpc) is 2.34. The topological polar surface area (TPSA) is 159 Å². The Labute approximate surface area is 97.4 Å². The highest BCUT2D eigenvalue weighted by atomic mass is 16.4. The van der Waals surface area contributed by atoms with E-state index in [-0.39, 0.29) is 0 Å². The minimum absolute atomic E-state index is 0.601. The second kappa shape index (κ2) is 7.67. The van der Waals surface area contributed by atoms with Crippen LogP contribution in [0.25, 0.3) is 0 Å². The molecule has 0 amide bonds. The summed E-state index contributed by atoms with van der Waals surface area (Å²) in [6, 6.07) is 0. The molecule has 17 heavy (non-hydrogen) atoms. The van der Waals surface area contributed by atoms with E-state index in [9.17, 15) is 20.1 Å². The SMILES string of the molecule is O=C(CC(O)CO)[C@@H](O)[C@@H](O)[C@H](O)[C@H](O)CO. The molecule has 0 rings (SSSR count). The second-order valence-corrected chi connectivity index (χ2v) is 3.68. The maximum atomic E-state index is 11.2. The van der Waals surface area contributed by atoms with Crippen molar-refractivity contribution < 1.29 is 40.5 Å². The molecule has 8 heteroatoms. The third-order valence-electron chi connectivity index (χ3n) is 2.23. The molecule has 0 aliphatic heterocycles. The third kappa shape index (κ3) is 5.04. The summed E-state index contributed by atoms with van der Waals surface area (Å²) in [4.78, 5) is 11.2. The van der Waals surface area contributed by atoms with Crippen molar-refractivity contribution in [1.29, 1.82) is 0 Å². The maximum absolute atomic E-state index is 11.2. The van der Waals surface area contributed by atoms with Crippen molar-refractivity contribution >= 4 is 5.78 Å². The molecule has 5 atom stereocenters. The van der Waals surface area contributed by atoms with Crippen LogP contribution in [0.4, 0.5) is 0 Å². The van der Waals surface area contributed by atoms with Crippen LogP contribution in [-0.2, 0) is 4.79 Å². The van der Waals surface area contributed by atoms with Crippen molar-refractivity contribution in [2.24, 2.45) is 0 Å². The molecular weight excluding hydrogens is 236 g/mol. The highest BCUT2D eigenvalue weighted by Crippen LogP contribution is 2.08.